The second-order valence-corrected chi connectivity index (χ2v) is 2.94. The highest BCUT2D eigenvalue weighted by Crippen LogP contribution is 2.20. The van der Waals surface area contributed by atoms with Gasteiger partial charge in [0.15, 0.2) is 0 Å². The molecule has 0 bridgehead atoms. The largest absolute Gasteiger partial charge is 0.481 e. The average Bonchev–Trinajstić information content (AvgIpc) is 1.76. The smallest absolute Gasteiger partial charge is 0.306 e. The van der Waals surface area contributed by atoms with Gasteiger partial charge in [-0.15, -0.1) is 0 Å². The van der Waals surface area contributed by atoms with Gasteiger partial charge in [-0.25, -0.2) is 0 Å². The van der Waals surface area contributed by atoms with Crippen LogP contribution in [0.2, 0.25) is 0 Å². The van der Waals surface area contributed by atoms with Crippen LogP contribution in [-0.2, 0) is 14.4 Å². The molecule has 0 aromatic heterocycles. The lowest BCUT2D eigenvalue weighted by atomic mass is 9.92. The minimum absolute atomic E-state index is 0. The number of hydrogen-bond acceptors (Lipinski definition) is 5. The molecule has 7 N–H and O–H groups in total. The maximum Gasteiger partial charge on any atom is 0.306 e. The minimum Gasteiger partial charge on any atom is -0.481 e. The molecule has 0 aliphatic carbocycles. The number of aliphatic carboxylic acids is 3. The third kappa shape index (κ3) is 7.40. The standard InChI is InChI=1S/C7H10O7.H3N/c8-4(9)1-7(14,2-5(10)11)3-6(12)13;/h14H,1-3H2,(H,8,9)(H,10,11)(H,12,13);1H3. The van der Waals surface area contributed by atoms with Gasteiger partial charge in [0, 0.05) is 0 Å². The second kappa shape index (κ2) is 5.94. The van der Waals surface area contributed by atoms with Crippen molar-refractivity contribution in [3.8, 4) is 0 Å². The van der Waals surface area contributed by atoms with E-state index in [0.717, 1.165) is 0 Å². The summed E-state index contributed by atoms with van der Waals surface area (Å²) in [5.41, 5.74) is -2.23. The Kier molecular flexibility index (Phi) is 6.25. The lowest BCUT2D eigenvalue weighted by Crippen LogP contribution is -2.36. The van der Waals surface area contributed by atoms with Crippen molar-refractivity contribution >= 4 is 17.9 Å². The van der Waals surface area contributed by atoms with Gasteiger partial charge in [0.1, 0.15) is 0 Å². The molecule has 0 aromatic carbocycles. The van der Waals surface area contributed by atoms with Crippen LogP contribution in [-0.4, -0.2) is 43.9 Å². The molecule has 15 heavy (non-hydrogen) atoms. The van der Waals surface area contributed by atoms with Crippen molar-refractivity contribution in [3.63, 3.8) is 0 Å². The Morgan fingerprint density at radius 1 is 0.800 bits per heavy atom. The Morgan fingerprint density at radius 2 is 1.00 bits per heavy atom. The van der Waals surface area contributed by atoms with E-state index >= 15 is 0 Å². The Bertz CT molecular complexity index is 221. The van der Waals surface area contributed by atoms with E-state index in [0.29, 0.717) is 0 Å². The summed E-state index contributed by atoms with van der Waals surface area (Å²) in [5.74, 6) is -4.35. The molecule has 0 unspecified atom stereocenters. The molecule has 0 saturated heterocycles. The van der Waals surface area contributed by atoms with E-state index in [4.69, 9.17) is 15.3 Å². The highest BCUT2D eigenvalue weighted by Gasteiger charge is 2.35. The van der Waals surface area contributed by atoms with Crippen LogP contribution >= 0.6 is 0 Å². The molecule has 8 nitrogen and oxygen atoms in total. The third-order valence-corrected chi connectivity index (χ3v) is 1.44. The number of aliphatic hydroxyl groups is 1. The molecule has 0 saturated carbocycles. The van der Waals surface area contributed by atoms with Crippen LogP contribution in [0.5, 0.6) is 0 Å². The van der Waals surface area contributed by atoms with E-state index in [-0.39, 0.29) is 6.15 Å². The summed E-state index contributed by atoms with van der Waals surface area (Å²) < 4.78 is 0. The Hall–Kier alpha value is -1.67. The topological polar surface area (TPSA) is 167 Å². The molecule has 8 heteroatoms. The predicted octanol–water partition coefficient (Wildman–Crippen LogP) is -0.696. The van der Waals surface area contributed by atoms with Crippen molar-refractivity contribution in [2.24, 2.45) is 0 Å². The van der Waals surface area contributed by atoms with Crippen molar-refractivity contribution in [1.29, 1.82) is 0 Å². The van der Waals surface area contributed by atoms with E-state index in [1.807, 2.05) is 0 Å². The molecule has 88 valence electrons. The van der Waals surface area contributed by atoms with E-state index in [9.17, 15) is 19.5 Å². The Morgan fingerprint density at radius 3 is 1.13 bits per heavy atom. The van der Waals surface area contributed by atoms with Crippen molar-refractivity contribution in [1.82, 2.24) is 6.15 Å². The van der Waals surface area contributed by atoms with Gasteiger partial charge in [-0.3, -0.25) is 14.4 Å². The van der Waals surface area contributed by atoms with Gasteiger partial charge in [-0.2, -0.15) is 0 Å². The zero-order chi connectivity index (χ0) is 11.4. The Balaban J connectivity index is 0. The molecule has 0 aliphatic rings. The predicted molar refractivity (Wildman–Crippen MR) is 46.7 cm³/mol. The van der Waals surface area contributed by atoms with Crippen molar-refractivity contribution in [2.75, 3.05) is 0 Å². The summed E-state index contributed by atoms with van der Waals surface area (Å²) in [4.78, 5) is 30.7. The lowest BCUT2D eigenvalue weighted by Gasteiger charge is -2.21. The fourth-order valence-electron chi connectivity index (χ4n) is 1.03. The van der Waals surface area contributed by atoms with Crippen LogP contribution < -0.4 is 6.15 Å². The van der Waals surface area contributed by atoms with Gasteiger partial charge in [0.05, 0.1) is 24.9 Å². The van der Waals surface area contributed by atoms with E-state index in [1.54, 1.807) is 0 Å². The number of hydrogen-bond donors (Lipinski definition) is 5. The summed E-state index contributed by atoms with van der Waals surface area (Å²) >= 11 is 0. The maximum absolute atomic E-state index is 10.2. The first-order valence-electron chi connectivity index (χ1n) is 3.63. The van der Waals surface area contributed by atoms with Gasteiger partial charge < -0.3 is 26.6 Å². The molecule has 0 aromatic rings. The summed E-state index contributed by atoms with van der Waals surface area (Å²) in [6.45, 7) is 0. The molecule has 0 rings (SSSR count). The monoisotopic (exact) mass is 223 g/mol. The zero-order valence-corrected chi connectivity index (χ0v) is 7.84. The number of carboxylic acid groups (broad SMARTS) is 3. The first-order valence-corrected chi connectivity index (χ1v) is 3.63. The van der Waals surface area contributed by atoms with Crippen LogP contribution in [0.15, 0.2) is 0 Å². The van der Waals surface area contributed by atoms with E-state index in [1.165, 1.54) is 0 Å². The molecular formula is C7H13NO7. The molecule has 0 heterocycles. The summed E-state index contributed by atoms with van der Waals surface area (Å²) in [6, 6.07) is 0. The summed E-state index contributed by atoms with van der Waals surface area (Å²) in [5, 5.41) is 34.4. The van der Waals surface area contributed by atoms with Gasteiger partial charge in [-0.1, -0.05) is 0 Å². The van der Waals surface area contributed by atoms with Crippen LogP contribution in [0, 0.1) is 0 Å². The van der Waals surface area contributed by atoms with Crippen LogP contribution in [0.4, 0.5) is 0 Å². The number of rotatable bonds is 6. The number of carbonyl (C=O) groups is 3. The van der Waals surface area contributed by atoms with Crippen LogP contribution in [0.1, 0.15) is 19.3 Å². The highest BCUT2D eigenvalue weighted by atomic mass is 16.4. The first kappa shape index (κ1) is 15.8. The fraction of sp³-hybridized carbons (Fsp3) is 0.571. The molecule has 0 amide bonds. The van der Waals surface area contributed by atoms with E-state index < -0.39 is 42.8 Å². The van der Waals surface area contributed by atoms with Gasteiger partial charge in [-0.05, 0) is 0 Å². The van der Waals surface area contributed by atoms with Crippen molar-refractivity contribution in [3.05, 3.63) is 0 Å². The molecule has 0 aliphatic heterocycles. The molecule has 0 spiro atoms. The fourth-order valence-corrected chi connectivity index (χ4v) is 1.03. The zero-order valence-electron chi connectivity index (χ0n) is 7.84. The first-order chi connectivity index (χ1) is 6.25. The highest BCUT2D eigenvalue weighted by molar-refractivity contribution is 5.76. The summed E-state index contributed by atoms with van der Waals surface area (Å²) in [7, 11) is 0. The van der Waals surface area contributed by atoms with Gasteiger partial charge in [0.2, 0.25) is 0 Å². The Labute approximate surface area is 84.7 Å². The average molecular weight is 223 g/mol. The molecule has 0 fully saturated rings. The minimum atomic E-state index is -2.23. The van der Waals surface area contributed by atoms with E-state index in [2.05, 4.69) is 0 Å². The molecule has 0 radical (unpaired) electrons. The second-order valence-electron chi connectivity index (χ2n) is 2.94. The SMILES string of the molecule is N.O=C(O)CC(O)(CC(=O)O)CC(=O)O. The van der Waals surface area contributed by atoms with Crippen LogP contribution in [0.3, 0.4) is 0 Å². The lowest BCUT2D eigenvalue weighted by molar-refractivity contribution is -0.153. The molecule has 0 atom stereocenters. The quantitative estimate of drug-likeness (QED) is 0.394. The van der Waals surface area contributed by atoms with Crippen LogP contribution in [0.25, 0.3) is 0 Å². The molecular weight excluding hydrogens is 210 g/mol. The van der Waals surface area contributed by atoms with Gasteiger partial charge in [0.25, 0.3) is 0 Å². The van der Waals surface area contributed by atoms with Gasteiger partial charge >= 0.3 is 17.9 Å². The maximum atomic E-state index is 10.2. The third-order valence-electron chi connectivity index (χ3n) is 1.44. The van der Waals surface area contributed by atoms with Crippen molar-refractivity contribution < 1.29 is 34.8 Å². The summed E-state index contributed by atoms with van der Waals surface area (Å²) in [6.07, 6.45) is -2.73. The normalized spacial score (nSPS) is 10.2. The number of carboxylic acids is 3. The van der Waals surface area contributed by atoms with Crippen molar-refractivity contribution in [2.45, 2.75) is 24.9 Å².